The normalized spacial score (nSPS) is 10.4. The second-order valence-corrected chi connectivity index (χ2v) is 4.71. The highest BCUT2D eigenvalue weighted by Crippen LogP contribution is 2.23. The van der Waals surface area contributed by atoms with Crippen molar-refractivity contribution < 1.29 is 4.79 Å². The van der Waals surface area contributed by atoms with E-state index < -0.39 is 0 Å². The van der Waals surface area contributed by atoms with Gasteiger partial charge in [0.1, 0.15) is 17.2 Å². The summed E-state index contributed by atoms with van der Waals surface area (Å²) in [6.07, 6.45) is 2.22. The molecular weight excluding hydrogens is 248 g/mol. The molecule has 0 aliphatic carbocycles. The van der Waals surface area contributed by atoms with E-state index in [1.165, 1.54) is 18.1 Å². The predicted molar refractivity (Wildman–Crippen MR) is 74.5 cm³/mol. The first-order valence-electron chi connectivity index (χ1n) is 6.13. The second kappa shape index (κ2) is 7.20. The molecule has 0 saturated heterocycles. The summed E-state index contributed by atoms with van der Waals surface area (Å²) in [5.41, 5.74) is 6.72. The number of carbonyl (C=O) groups excluding carboxylic acids is 1. The summed E-state index contributed by atoms with van der Waals surface area (Å²) in [5, 5.41) is 0.811. The molecule has 6 heteroatoms. The average molecular weight is 268 g/mol. The highest BCUT2D eigenvalue weighted by atomic mass is 32.2. The largest absolute Gasteiger partial charge is 0.383 e. The first kappa shape index (κ1) is 14.8. The van der Waals surface area contributed by atoms with Gasteiger partial charge in [0.05, 0.1) is 5.75 Å². The van der Waals surface area contributed by atoms with Gasteiger partial charge in [-0.15, -0.1) is 0 Å². The van der Waals surface area contributed by atoms with Gasteiger partial charge in [0, 0.05) is 18.7 Å². The Morgan fingerprint density at radius 3 is 2.56 bits per heavy atom. The number of hydrogen-bond acceptors (Lipinski definition) is 5. The zero-order valence-corrected chi connectivity index (χ0v) is 12.0. The van der Waals surface area contributed by atoms with Crippen LogP contribution in [0.2, 0.25) is 0 Å². The zero-order chi connectivity index (χ0) is 13.5. The van der Waals surface area contributed by atoms with Crippen LogP contribution in [0.4, 0.5) is 5.82 Å². The Kier molecular flexibility index (Phi) is 5.91. The third-order valence-corrected chi connectivity index (χ3v) is 3.76. The molecule has 100 valence electrons. The zero-order valence-electron chi connectivity index (χ0n) is 11.1. The van der Waals surface area contributed by atoms with Crippen LogP contribution < -0.4 is 5.73 Å². The molecule has 1 amide bonds. The molecule has 0 spiro atoms. The van der Waals surface area contributed by atoms with Crippen molar-refractivity contribution in [3.63, 3.8) is 0 Å². The molecule has 0 fully saturated rings. The van der Waals surface area contributed by atoms with E-state index in [-0.39, 0.29) is 5.91 Å². The topological polar surface area (TPSA) is 72.1 Å². The molecule has 1 aromatic rings. The molecule has 1 rings (SSSR count). The molecule has 1 heterocycles. The minimum atomic E-state index is 0.129. The van der Waals surface area contributed by atoms with Gasteiger partial charge < -0.3 is 10.6 Å². The molecule has 0 aliphatic heterocycles. The van der Waals surface area contributed by atoms with Crippen LogP contribution >= 0.6 is 11.8 Å². The number of nitrogen functional groups attached to an aromatic ring is 1. The van der Waals surface area contributed by atoms with Crippen molar-refractivity contribution in [2.75, 3.05) is 24.6 Å². The fourth-order valence-electron chi connectivity index (χ4n) is 1.66. The van der Waals surface area contributed by atoms with Gasteiger partial charge in [-0.05, 0) is 20.3 Å². The molecule has 0 aliphatic rings. The third kappa shape index (κ3) is 3.60. The summed E-state index contributed by atoms with van der Waals surface area (Å²) in [4.78, 5) is 21.9. The Morgan fingerprint density at radius 2 is 2.00 bits per heavy atom. The van der Waals surface area contributed by atoms with Crippen molar-refractivity contribution in [2.45, 2.75) is 32.2 Å². The molecule has 0 radical (unpaired) electrons. The van der Waals surface area contributed by atoms with Crippen LogP contribution in [-0.4, -0.2) is 39.6 Å². The first-order chi connectivity index (χ1) is 8.63. The smallest absolute Gasteiger partial charge is 0.232 e. The molecule has 2 N–H and O–H groups in total. The maximum atomic E-state index is 11.9. The van der Waals surface area contributed by atoms with Crippen molar-refractivity contribution in [1.29, 1.82) is 0 Å². The van der Waals surface area contributed by atoms with Crippen molar-refractivity contribution in [1.82, 2.24) is 14.9 Å². The summed E-state index contributed by atoms with van der Waals surface area (Å²) in [6.45, 7) is 7.44. The van der Waals surface area contributed by atoms with Crippen LogP contribution in [0.25, 0.3) is 0 Å². The lowest BCUT2D eigenvalue weighted by atomic mass is 10.2. The molecule has 0 aromatic carbocycles. The van der Waals surface area contributed by atoms with E-state index in [0.29, 0.717) is 11.6 Å². The molecule has 0 bridgehead atoms. The van der Waals surface area contributed by atoms with Gasteiger partial charge >= 0.3 is 0 Å². The van der Waals surface area contributed by atoms with Crippen molar-refractivity contribution in [2.24, 2.45) is 0 Å². The van der Waals surface area contributed by atoms with Crippen LogP contribution in [-0.2, 0) is 11.2 Å². The monoisotopic (exact) mass is 268 g/mol. The van der Waals surface area contributed by atoms with Gasteiger partial charge in [0.25, 0.3) is 0 Å². The van der Waals surface area contributed by atoms with Gasteiger partial charge in [0.2, 0.25) is 5.91 Å². The van der Waals surface area contributed by atoms with Crippen LogP contribution in [0.1, 0.15) is 26.3 Å². The summed E-state index contributed by atoms with van der Waals surface area (Å²) >= 11 is 1.43. The standard InChI is InChI=1S/C12H20N4OS/c1-4-9-11(13)14-8-15-12(9)18-7-10(17)16(5-2)6-3/h8H,4-7H2,1-3H3,(H2,13,14,15). The third-order valence-electron chi connectivity index (χ3n) is 2.74. The first-order valence-corrected chi connectivity index (χ1v) is 7.12. The fourth-order valence-corrected chi connectivity index (χ4v) is 2.65. The minimum absolute atomic E-state index is 0.129. The Morgan fingerprint density at radius 1 is 1.33 bits per heavy atom. The summed E-state index contributed by atoms with van der Waals surface area (Å²) < 4.78 is 0. The van der Waals surface area contributed by atoms with Gasteiger partial charge in [-0.1, -0.05) is 18.7 Å². The molecule has 1 aromatic heterocycles. The quantitative estimate of drug-likeness (QED) is 0.626. The van der Waals surface area contributed by atoms with E-state index >= 15 is 0 Å². The summed E-state index contributed by atoms with van der Waals surface area (Å²) in [6, 6.07) is 0. The van der Waals surface area contributed by atoms with E-state index in [1.54, 1.807) is 0 Å². The lowest BCUT2D eigenvalue weighted by Gasteiger charge is -2.18. The van der Waals surface area contributed by atoms with E-state index in [0.717, 1.165) is 30.1 Å². The second-order valence-electron chi connectivity index (χ2n) is 3.75. The van der Waals surface area contributed by atoms with Crippen molar-refractivity contribution >= 4 is 23.5 Å². The number of thioether (sulfide) groups is 1. The Bertz CT molecular complexity index is 407. The van der Waals surface area contributed by atoms with Gasteiger partial charge in [-0.25, -0.2) is 9.97 Å². The number of hydrogen-bond donors (Lipinski definition) is 1. The molecular formula is C12H20N4OS. The van der Waals surface area contributed by atoms with Gasteiger partial charge in [-0.3, -0.25) is 4.79 Å². The van der Waals surface area contributed by atoms with Gasteiger partial charge in [-0.2, -0.15) is 0 Å². The van der Waals surface area contributed by atoms with E-state index in [1.807, 2.05) is 25.7 Å². The number of carbonyl (C=O) groups is 1. The number of nitrogens with two attached hydrogens (primary N) is 1. The average Bonchev–Trinajstić information content (AvgIpc) is 2.37. The molecule has 0 saturated carbocycles. The minimum Gasteiger partial charge on any atom is -0.383 e. The van der Waals surface area contributed by atoms with Crippen LogP contribution in [0, 0.1) is 0 Å². The van der Waals surface area contributed by atoms with E-state index in [2.05, 4.69) is 9.97 Å². The Labute approximate surface area is 112 Å². The number of aromatic nitrogens is 2. The lowest BCUT2D eigenvalue weighted by molar-refractivity contribution is -0.127. The SMILES string of the molecule is CCc1c(N)ncnc1SCC(=O)N(CC)CC. The number of anilines is 1. The predicted octanol–water partition coefficient (Wildman–Crippen LogP) is 1.58. The molecule has 18 heavy (non-hydrogen) atoms. The Balaban J connectivity index is 2.69. The summed E-state index contributed by atoms with van der Waals surface area (Å²) in [5.74, 6) is 1.03. The highest BCUT2D eigenvalue weighted by Gasteiger charge is 2.13. The van der Waals surface area contributed by atoms with Crippen molar-refractivity contribution in [3.8, 4) is 0 Å². The van der Waals surface area contributed by atoms with Crippen LogP contribution in [0.5, 0.6) is 0 Å². The molecule has 5 nitrogen and oxygen atoms in total. The molecule has 0 atom stereocenters. The Hall–Kier alpha value is -1.30. The maximum Gasteiger partial charge on any atom is 0.232 e. The summed E-state index contributed by atoms with van der Waals surface area (Å²) in [7, 11) is 0. The van der Waals surface area contributed by atoms with Gasteiger partial charge in [0.15, 0.2) is 0 Å². The molecule has 0 unspecified atom stereocenters. The van der Waals surface area contributed by atoms with E-state index in [9.17, 15) is 4.79 Å². The number of amides is 1. The number of rotatable bonds is 6. The van der Waals surface area contributed by atoms with Crippen molar-refractivity contribution in [3.05, 3.63) is 11.9 Å². The van der Waals surface area contributed by atoms with E-state index in [4.69, 9.17) is 5.73 Å². The highest BCUT2D eigenvalue weighted by molar-refractivity contribution is 7.99. The number of nitrogens with zero attached hydrogens (tertiary/aromatic N) is 3. The lowest BCUT2D eigenvalue weighted by Crippen LogP contribution is -2.31. The maximum absolute atomic E-state index is 11.9. The van der Waals surface area contributed by atoms with Crippen LogP contribution in [0.3, 0.4) is 0 Å². The fraction of sp³-hybridized carbons (Fsp3) is 0.583. The van der Waals surface area contributed by atoms with Crippen LogP contribution in [0.15, 0.2) is 11.4 Å².